The highest BCUT2D eigenvalue weighted by atomic mass is 16.4. The Morgan fingerprint density at radius 2 is 2.46 bits per heavy atom. The summed E-state index contributed by atoms with van der Waals surface area (Å²) in [4.78, 5) is 10.4. The number of carboxylic acids is 1. The standard InChI is InChI=1S/C9H14N2O2/c1-3-7(2)11-5-4-8(10-11)6-9(12)13/h4-5,7H,3,6H2,1-2H3,(H,12,13). The van der Waals surface area contributed by atoms with Crippen LogP contribution >= 0.6 is 0 Å². The molecule has 0 saturated carbocycles. The number of carbonyl (C=O) groups is 1. The molecule has 72 valence electrons. The smallest absolute Gasteiger partial charge is 0.309 e. The maximum absolute atomic E-state index is 10.4. The van der Waals surface area contributed by atoms with Gasteiger partial charge in [0.05, 0.1) is 12.1 Å². The minimum Gasteiger partial charge on any atom is -0.481 e. The van der Waals surface area contributed by atoms with Crippen molar-refractivity contribution in [2.24, 2.45) is 0 Å². The third kappa shape index (κ3) is 2.57. The maximum Gasteiger partial charge on any atom is 0.309 e. The van der Waals surface area contributed by atoms with Gasteiger partial charge in [0.1, 0.15) is 0 Å². The molecule has 0 fully saturated rings. The van der Waals surface area contributed by atoms with Crippen molar-refractivity contribution in [2.75, 3.05) is 0 Å². The van der Waals surface area contributed by atoms with Crippen LogP contribution in [0.1, 0.15) is 32.0 Å². The average molecular weight is 182 g/mol. The van der Waals surface area contributed by atoms with Crippen LogP contribution in [0.2, 0.25) is 0 Å². The van der Waals surface area contributed by atoms with Crippen molar-refractivity contribution in [1.29, 1.82) is 0 Å². The van der Waals surface area contributed by atoms with Crippen LogP contribution in [-0.2, 0) is 11.2 Å². The van der Waals surface area contributed by atoms with Crippen LogP contribution in [0.5, 0.6) is 0 Å². The first kappa shape index (κ1) is 9.77. The van der Waals surface area contributed by atoms with E-state index in [0.717, 1.165) is 6.42 Å². The summed E-state index contributed by atoms with van der Waals surface area (Å²) in [5, 5.41) is 12.7. The normalized spacial score (nSPS) is 12.8. The van der Waals surface area contributed by atoms with Gasteiger partial charge in [-0.1, -0.05) is 6.92 Å². The van der Waals surface area contributed by atoms with Crippen molar-refractivity contribution >= 4 is 5.97 Å². The molecule has 0 spiro atoms. The molecule has 0 aliphatic heterocycles. The van der Waals surface area contributed by atoms with Gasteiger partial charge in [0.2, 0.25) is 0 Å². The Morgan fingerprint density at radius 3 is 3.00 bits per heavy atom. The topological polar surface area (TPSA) is 55.1 Å². The molecule has 1 rings (SSSR count). The van der Waals surface area contributed by atoms with E-state index < -0.39 is 5.97 Å². The molecule has 1 atom stereocenters. The molecular weight excluding hydrogens is 168 g/mol. The molecule has 0 aromatic carbocycles. The SMILES string of the molecule is CCC(C)n1ccc(CC(=O)O)n1. The van der Waals surface area contributed by atoms with Gasteiger partial charge in [-0.15, -0.1) is 0 Å². The molecule has 0 aliphatic rings. The second-order valence-electron chi connectivity index (χ2n) is 3.11. The third-order valence-corrected chi connectivity index (χ3v) is 2.04. The molecule has 0 bridgehead atoms. The number of hydrogen-bond acceptors (Lipinski definition) is 2. The van der Waals surface area contributed by atoms with E-state index in [2.05, 4.69) is 18.9 Å². The van der Waals surface area contributed by atoms with Crippen LogP contribution in [0.15, 0.2) is 12.3 Å². The Kier molecular flexibility index (Phi) is 3.06. The van der Waals surface area contributed by atoms with Gasteiger partial charge in [0.25, 0.3) is 0 Å². The summed E-state index contributed by atoms with van der Waals surface area (Å²) in [7, 11) is 0. The summed E-state index contributed by atoms with van der Waals surface area (Å²) in [6.45, 7) is 4.13. The van der Waals surface area contributed by atoms with Crippen molar-refractivity contribution in [2.45, 2.75) is 32.7 Å². The van der Waals surface area contributed by atoms with Crippen molar-refractivity contribution in [3.63, 3.8) is 0 Å². The maximum atomic E-state index is 10.4. The molecule has 1 unspecified atom stereocenters. The lowest BCUT2D eigenvalue weighted by Gasteiger charge is -2.07. The fourth-order valence-electron chi connectivity index (χ4n) is 1.06. The highest BCUT2D eigenvalue weighted by Crippen LogP contribution is 2.09. The molecule has 1 aromatic heterocycles. The molecule has 1 heterocycles. The quantitative estimate of drug-likeness (QED) is 0.767. The lowest BCUT2D eigenvalue weighted by atomic mass is 10.3. The van der Waals surface area contributed by atoms with Gasteiger partial charge >= 0.3 is 5.97 Å². The van der Waals surface area contributed by atoms with E-state index in [1.807, 2.05) is 6.20 Å². The fourth-order valence-corrected chi connectivity index (χ4v) is 1.06. The van der Waals surface area contributed by atoms with Gasteiger partial charge in [-0.2, -0.15) is 5.10 Å². The van der Waals surface area contributed by atoms with Crippen molar-refractivity contribution in [1.82, 2.24) is 9.78 Å². The molecule has 0 saturated heterocycles. The van der Waals surface area contributed by atoms with Gasteiger partial charge in [-0.25, -0.2) is 0 Å². The van der Waals surface area contributed by atoms with Crippen LogP contribution in [0.25, 0.3) is 0 Å². The van der Waals surface area contributed by atoms with Crippen LogP contribution < -0.4 is 0 Å². The Bertz CT molecular complexity index is 294. The summed E-state index contributed by atoms with van der Waals surface area (Å²) in [5.74, 6) is -0.839. The van der Waals surface area contributed by atoms with Gasteiger partial charge in [-0.05, 0) is 19.4 Å². The Hall–Kier alpha value is -1.32. The third-order valence-electron chi connectivity index (χ3n) is 2.04. The highest BCUT2D eigenvalue weighted by molar-refractivity contribution is 5.69. The fraction of sp³-hybridized carbons (Fsp3) is 0.556. The Labute approximate surface area is 77.2 Å². The summed E-state index contributed by atoms with van der Waals surface area (Å²) in [5.41, 5.74) is 0.618. The second-order valence-corrected chi connectivity index (χ2v) is 3.11. The lowest BCUT2D eigenvalue weighted by molar-refractivity contribution is -0.136. The molecule has 0 aliphatic carbocycles. The molecule has 1 aromatic rings. The molecule has 0 amide bonds. The number of carboxylic acid groups (broad SMARTS) is 1. The lowest BCUT2D eigenvalue weighted by Crippen LogP contribution is -2.06. The molecule has 4 nitrogen and oxygen atoms in total. The first-order valence-electron chi connectivity index (χ1n) is 4.39. The van der Waals surface area contributed by atoms with Crippen LogP contribution in [0.3, 0.4) is 0 Å². The van der Waals surface area contributed by atoms with Crippen LogP contribution in [-0.4, -0.2) is 20.9 Å². The van der Waals surface area contributed by atoms with E-state index in [0.29, 0.717) is 11.7 Å². The van der Waals surface area contributed by atoms with E-state index in [1.54, 1.807) is 10.7 Å². The molecule has 4 heteroatoms. The van der Waals surface area contributed by atoms with E-state index in [1.165, 1.54) is 0 Å². The zero-order valence-electron chi connectivity index (χ0n) is 7.90. The molecule has 13 heavy (non-hydrogen) atoms. The summed E-state index contributed by atoms with van der Waals surface area (Å²) >= 11 is 0. The van der Waals surface area contributed by atoms with Crippen molar-refractivity contribution < 1.29 is 9.90 Å². The summed E-state index contributed by atoms with van der Waals surface area (Å²) in [6.07, 6.45) is 2.82. The number of nitrogens with zero attached hydrogens (tertiary/aromatic N) is 2. The van der Waals surface area contributed by atoms with Gasteiger partial charge < -0.3 is 5.11 Å². The van der Waals surface area contributed by atoms with Gasteiger partial charge in [0.15, 0.2) is 0 Å². The van der Waals surface area contributed by atoms with Crippen molar-refractivity contribution in [3.8, 4) is 0 Å². The number of aromatic nitrogens is 2. The monoisotopic (exact) mass is 182 g/mol. The zero-order valence-corrected chi connectivity index (χ0v) is 7.90. The summed E-state index contributed by atoms with van der Waals surface area (Å²) in [6, 6.07) is 2.09. The minimum atomic E-state index is -0.839. The Balaban J connectivity index is 2.68. The van der Waals surface area contributed by atoms with E-state index in [-0.39, 0.29) is 6.42 Å². The van der Waals surface area contributed by atoms with Gasteiger partial charge in [-0.3, -0.25) is 9.48 Å². The Morgan fingerprint density at radius 1 is 1.77 bits per heavy atom. The minimum absolute atomic E-state index is 0.00341. The summed E-state index contributed by atoms with van der Waals surface area (Å²) < 4.78 is 1.80. The van der Waals surface area contributed by atoms with E-state index >= 15 is 0 Å². The largest absolute Gasteiger partial charge is 0.481 e. The van der Waals surface area contributed by atoms with E-state index in [9.17, 15) is 4.79 Å². The van der Waals surface area contributed by atoms with Gasteiger partial charge in [0, 0.05) is 12.2 Å². The number of rotatable bonds is 4. The first-order chi connectivity index (χ1) is 6.13. The average Bonchev–Trinajstić information content (AvgIpc) is 2.50. The van der Waals surface area contributed by atoms with Crippen LogP contribution in [0.4, 0.5) is 0 Å². The molecular formula is C9H14N2O2. The van der Waals surface area contributed by atoms with E-state index in [4.69, 9.17) is 5.11 Å². The number of hydrogen-bond donors (Lipinski definition) is 1. The second kappa shape index (κ2) is 4.07. The molecule has 0 radical (unpaired) electrons. The number of aliphatic carboxylic acids is 1. The zero-order chi connectivity index (χ0) is 9.84. The molecule has 1 N–H and O–H groups in total. The van der Waals surface area contributed by atoms with Crippen LogP contribution in [0, 0.1) is 0 Å². The highest BCUT2D eigenvalue weighted by Gasteiger charge is 2.06. The first-order valence-corrected chi connectivity index (χ1v) is 4.39. The predicted octanol–water partition coefficient (Wildman–Crippen LogP) is 1.48. The van der Waals surface area contributed by atoms with Crippen molar-refractivity contribution in [3.05, 3.63) is 18.0 Å². The predicted molar refractivity (Wildman–Crippen MR) is 48.6 cm³/mol.